The van der Waals surface area contributed by atoms with Gasteiger partial charge < -0.3 is 18.9 Å². The average Bonchev–Trinajstić information content (AvgIpc) is 2.55. The molecule has 0 amide bonds. The van der Waals surface area contributed by atoms with Crippen molar-refractivity contribution in [3.05, 3.63) is 26.8 Å². The number of hydrogen-bond donors (Lipinski definition) is 0. The van der Waals surface area contributed by atoms with Crippen LogP contribution in [-0.2, 0) is 9.47 Å². The molecule has 7 nitrogen and oxygen atoms in total. The molecule has 2 aromatic rings. The van der Waals surface area contributed by atoms with Crippen LogP contribution in [0.2, 0.25) is 0 Å². The number of rotatable bonds is 3. The second kappa shape index (κ2) is 9.15. The van der Waals surface area contributed by atoms with Crippen molar-refractivity contribution in [2.45, 2.75) is 57.0 Å². The predicted octanol–water partition coefficient (Wildman–Crippen LogP) is 6.37. The van der Waals surface area contributed by atoms with E-state index in [0.29, 0.717) is 14.6 Å². The van der Waals surface area contributed by atoms with E-state index in [0.717, 1.165) is 4.21 Å². The van der Waals surface area contributed by atoms with Gasteiger partial charge in [-0.1, -0.05) is 0 Å². The maximum absolute atomic E-state index is 12.6. The molecule has 0 aliphatic heterocycles. The summed E-state index contributed by atoms with van der Waals surface area (Å²) in [5, 5.41) is 0.305. The summed E-state index contributed by atoms with van der Waals surface area (Å²) in [6.45, 7) is 10.1. The van der Waals surface area contributed by atoms with Gasteiger partial charge in [-0.05, 0) is 69.8 Å². The molecule has 0 saturated heterocycles. The molecule has 0 fully saturated rings. The molecule has 164 valence electrons. The Labute approximate surface area is 191 Å². The molecule has 0 aliphatic carbocycles. The third kappa shape index (κ3) is 6.61. The number of hydrogen-bond acceptors (Lipinski definition) is 9. The third-order valence-corrected chi connectivity index (χ3v) is 6.46. The number of halogens is 1. The van der Waals surface area contributed by atoms with E-state index in [1.807, 2.05) is 6.26 Å². The first-order valence-electron chi connectivity index (χ1n) is 8.86. The van der Waals surface area contributed by atoms with Gasteiger partial charge in [0.1, 0.15) is 11.2 Å². The first-order chi connectivity index (χ1) is 13.7. The minimum Gasteiger partial charge on any atom is -0.428 e. The second-order valence-electron chi connectivity index (χ2n) is 8.16. The molecular weight excluding hydrogens is 496 g/mol. The lowest BCUT2D eigenvalue weighted by atomic mass is 10.2. The van der Waals surface area contributed by atoms with Crippen LogP contribution in [0.4, 0.5) is 9.59 Å². The standard InChI is InChI=1S/C20H23BrO7S2/c1-19(2,3)27-17(23)25-12-8-10-11(22)9-13(29-7)30-16(10)14(21)15(12)26-18(24)28-20(4,5)6/h8-9H,1-7H3. The molecular formula is C20H23BrO7S2. The third-order valence-electron chi connectivity index (χ3n) is 3.22. The number of benzene rings is 1. The number of thioether (sulfide) groups is 1. The van der Waals surface area contributed by atoms with Crippen molar-refractivity contribution in [3.63, 3.8) is 0 Å². The Balaban J connectivity index is 2.60. The maximum Gasteiger partial charge on any atom is 0.514 e. The van der Waals surface area contributed by atoms with Gasteiger partial charge in [0.2, 0.25) is 0 Å². The Bertz CT molecular complexity index is 1030. The molecule has 1 aromatic carbocycles. The monoisotopic (exact) mass is 518 g/mol. The number of ether oxygens (including phenoxy) is 4. The van der Waals surface area contributed by atoms with E-state index < -0.39 is 23.5 Å². The summed E-state index contributed by atoms with van der Waals surface area (Å²) < 4.78 is 22.6. The number of carbonyl (C=O) groups excluding carboxylic acids is 2. The number of fused-ring (bicyclic) bond motifs is 1. The van der Waals surface area contributed by atoms with Crippen LogP contribution >= 0.6 is 39.0 Å². The van der Waals surface area contributed by atoms with E-state index in [9.17, 15) is 14.4 Å². The van der Waals surface area contributed by atoms with Gasteiger partial charge in [0.25, 0.3) is 0 Å². The van der Waals surface area contributed by atoms with E-state index >= 15 is 0 Å². The topological polar surface area (TPSA) is 88.1 Å². The molecule has 10 heteroatoms. The highest BCUT2D eigenvalue weighted by Crippen LogP contribution is 2.44. The minimum atomic E-state index is -1.00. The summed E-state index contributed by atoms with van der Waals surface area (Å²) >= 11 is 6.13. The van der Waals surface area contributed by atoms with Crippen molar-refractivity contribution in [2.24, 2.45) is 0 Å². The smallest absolute Gasteiger partial charge is 0.428 e. The normalized spacial score (nSPS) is 11.9. The lowest BCUT2D eigenvalue weighted by Crippen LogP contribution is -2.27. The minimum absolute atomic E-state index is 0.0866. The zero-order valence-electron chi connectivity index (χ0n) is 17.7. The molecule has 1 heterocycles. The summed E-state index contributed by atoms with van der Waals surface area (Å²) in [4.78, 5) is 37.1. The van der Waals surface area contributed by atoms with Gasteiger partial charge in [-0.25, -0.2) is 9.59 Å². The summed E-state index contributed by atoms with van der Waals surface area (Å²) in [5.41, 5.74) is -1.84. The second-order valence-corrected chi connectivity index (χ2v) is 11.1. The summed E-state index contributed by atoms with van der Waals surface area (Å²) in [5.74, 6) is -0.229. The largest absolute Gasteiger partial charge is 0.514 e. The van der Waals surface area contributed by atoms with Gasteiger partial charge in [0, 0.05) is 11.5 Å². The molecule has 0 atom stereocenters. The highest BCUT2D eigenvalue weighted by atomic mass is 79.9. The van der Waals surface area contributed by atoms with Crippen molar-refractivity contribution in [1.29, 1.82) is 0 Å². The van der Waals surface area contributed by atoms with Gasteiger partial charge in [-0.15, -0.1) is 23.1 Å². The Morgan fingerprint density at radius 3 is 2.00 bits per heavy atom. The average molecular weight is 519 g/mol. The van der Waals surface area contributed by atoms with Crippen molar-refractivity contribution in [2.75, 3.05) is 6.26 Å². The van der Waals surface area contributed by atoms with E-state index in [-0.39, 0.29) is 16.9 Å². The van der Waals surface area contributed by atoms with Crippen LogP contribution in [0, 0.1) is 0 Å². The molecule has 2 rings (SSSR count). The fourth-order valence-corrected chi connectivity index (χ4v) is 4.54. The van der Waals surface area contributed by atoms with Crippen molar-refractivity contribution in [3.8, 4) is 11.5 Å². The molecule has 1 aromatic heterocycles. The van der Waals surface area contributed by atoms with Crippen molar-refractivity contribution < 1.29 is 28.5 Å². The van der Waals surface area contributed by atoms with Crippen LogP contribution in [0.3, 0.4) is 0 Å². The van der Waals surface area contributed by atoms with Gasteiger partial charge in [-0.3, -0.25) is 4.79 Å². The fourth-order valence-electron chi connectivity index (χ4n) is 2.18. The van der Waals surface area contributed by atoms with E-state index in [2.05, 4.69) is 15.9 Å². The molecule has 0 unspecified atom stereocenters. The maximum atomic E-state index is 12.6. The highest BCUT2D eigenvalue weighted by Gasteiger charge is 2.26. The lowest BCUT2D eigenvalue weighted by Gasteiger charge is -2.21. The first kappa shape index (κ1) is 24.5. The lowest BCUT2D eigenvalue weighted by molar-refractivity contribution is 0.0137. The Morgan fingerprint density at radius 2 is 1.50 bits per heavy atom. The van der Waals surface area contributed by atoms with Crippen LogP contribution in [-0.4, -0.2) is 29.8 Å². The van der Waals surface area contributed by atoms with Crippen LogP contribution in [0.5, 0.6) is 11.5 Å². The van der Waals surface area contributed by atoms with Gasteiger partial charge >= 0.3 is 12.3 Å². The molecule has 30 heavy (non-hydrogen) atoms. The quantitative estimate of drug-likeness (QED) is 0.263. The highest BCUT2D eigenvalue weighted by molar-refractivity contribution is 9.10. The SMILES string of the molecule is CSc1cc(=O)c2cc(OC(=O)OC(C)(C)C)c(OC(=O)OC(C)(C)C)c(Br)c2s1. The number of carbonyl (C=O) groups is 2. The zero-order valence-corrected chi connectivity index (χ0v) is 20.9. The van der Waals surface area contributed by atoms with Gasteiger partial charge in [0.15, 0.2) is 16.9 Å². The molecule has 0 bridgehead atoms. The molecule has 0 aliphatic rings. The molecule has 0 N–H and O–H groups in total. The van der Waals surface area contributed by atoms with Crippen molar-refractivity contribution in [1.82, 2.24) is 0 Å². The fraction of sp³-hybridized carbons (Fsp3) is 0.450. The van der Waals surface area contributed by atoms with E-state index in [1.165, 1.54) is 35.2 Å². The molecule has 0 radical (unpaired) electrons. The summed E-state index contributed by atoms with van der Waals surface area (Å²) in [6.07, 6.45) is -0.132. The van der Waals surface area contributed by atoms with Crippen LogP contribution in [0.25, 0.3) is 10.1 Å². The molecule has 0 spiro atoms. The predicted molar refractivity (Wildman–Crippen MR) is 121 cm³/mol. The van der Waals surface area contributed by atoms with E-state index in [1.54, 1.807) is 41.5 Å². The Hall–Kier alpha value is -1.78. The first-order valence-corrected chi connectivity index (χ1v) is 11.7. The summed E-state index contributed by atoms with van der Waals surface area (Å²) in [6, 6.07) is 2.85. The Kier molecular flexibility index (Phi) is 7.47. The van der Waals surface area contributed by atoms with Gasteiger partial charge in [0.05, 0.1) is 13.4 Å². The molecule has 0 saturated carbocycles. The zero-order chi connectivity index (χ0) is 22.9. The Morgan fingerprint density at radius 1 is 0.967 bits per heavy atom. The van der Waals surface area contributed by atoms with E-state index in [4.69, 9.17) is 18.9 Å². The summed E-state index contributed by atoms with van der Waals surface area (Å²) in [7, 11) is 0. The van der Waals surface area contributed by atoms with Gasteiger partial charge in [-0.2, -0.15) is 0 Å². The van der Waals surface area contributed by atoms with Crippen LogP contribution < -0.4 is 14.9 Å². The van der Waals surface area contributed by atoms with Crippen LogP contribution in [0.15, 0.2) is 25.6 Å². The van der Waals surface area contributed by atoms with Crippen LogP contribution in [0.1, 0.15) is 41.5 Å². The van der Waals surface area contributed by atoms with Crippen molar-refractivity contribution >= 4 is 61.4 Å².